The first-order chi connectivity index (χ1) is 9.56. The monoisotopic (exact) mass is 274 g/mol. The molecule has 0 unspecified atom stereocenters. The van der Waals surface area contributed by atoms with Gasteiger partial charge in [-0.05, 0) is 18.2 Å². The van der Waals surface area contributed by atoms with Gasteiger partial charge in [0.15, 0.2) is 5.69 Å². The number of carboxylic acid groups (broad SMARTS) is 1. The fourth-order valence-corrected chi connectivity index (χ4v) is 2.14. The van der Waals surface area contributed by atoms with Crippen molar-refractivity contribution in [3.05, 3.63) is 30.1 Å². The molecule has 0 radical (unpaired) electrons. The first-order valence-corrected chi connectivity index (χ1v) is 5.89. The minimum Gasteiger partial charge on any atom is -0.477 e. The number of carboxylic acids is 1. The van der Waals surface area contributed by atoms with Crippen LogP contribution < -0.4 is 10.2 Å². The SMILES string of the molecule is O=C1CCN(c2cc(C(=O)O)n3nccc3c2)C(=O)N1. The van der Waals surface area contributed by atoms with E-state index in [2.05, 4.69) is 10.4 Å². The molecule has 102 valence electrons. The van der Waals surface area contributed by atoms with Crippen molar-refractivity contribution in [2.24, 2.45) is 0 Å². The van der Waals surface area contributed by atoms with E-state index in [9.17, 15) is 19.5 Å². The molecule has 2 N–H and O–H groups in total. The van der Waals surface area contributed by atoms with E-state index in [0.29, 0.717) is 11.2 Å². The zero-order chi connectivity index (χ0) is 14.3. The highest BCUT2D eigenvalue weighted by Gasteiger charge is 2.25. The predicted molar refractivity (Wildman–Crippen MR) is 67.7 cm³/mol. The molecule has 0 saturated carbocycles. The van der Waals surface area contributed by atoms with Gasteiger partial charge in [0.2, 0.25) is 5.91 Å². The number of urea groups is 1. The van der Waals surface area contributed by atoms with Gasteiger partial charge < -0.3 is 5.11 Å². The Balaban J connectivity index is 2.10. The van der Waals surface area contributed by atoms with E-state index < -0.39 is 12.0 Å². The standard InChI is InChI=1S/C12H10N4O4/c17-10-2-4-15(12(20)14-10)8-5-7-1-3-13-16(7)9(6-8)11(18)19/h1,3,5-6H,2,4H2,(H,18,19)(H,14,17,20). The summed E-state index contributed by atoms with van der Waals surface area (Å²) in [6.45, 7) is 0.216. The summed E-state index contributed by atoms with van der Waals surface area (Å²) in [5, 5.41) is 15.3. The number of rotatable bonds is 2. The van der Waals surface area contributed by atoms with Crippen LogP contribution in [0.3, 0.4) is 0 Å². The average molecular weight is 274 g/mol. The lowest BCUT2D eigenvalue weighted by Gasteiger charge is -2.26. The highest BCUT2D eigenvalue weighted by molar-refractivity contribution is 6.06. The van der Waals surface area contributed by atoms with Gasteiger partial charge >= 0.3 is 12.0 Å². The zero-order valence-corrected chi connectivity index (χ0v) is 10.2. The molecular weight excluding hydrogens is 264 g/mol. The highest BCUT2D eigenvalue weighted by Crippen LogP contribution is 2.21. The molecule has 0 aliphatic carbocycles. The van der Waals surface area contributed by atoms with E-state index in [1.807, 2.05) is 0 Å². The first-order valence-electron chi connectivity index (χ1n) is 5.89. The second-order valence-corrected chi connectivity index (χ2v) is 4.33. The number of pyridine rings is 1. The summed E-state index contributed by atoms with van der Waals surface area (Å²) in [4.78, 5) is 35.5. The number of nitrogens with zero attached hydrogens (tertiary/aromatic N) is 3. The number of hydrogen-bond acceptors (Lipinski definition) is 4. The number of carbonyl (C=O) groups is 3. The Bertz CT molecular complexity index is 736. The Labute approximate surface area is 112 Å². The van der Waals surface area contributed by atoms with Crippen molar-refractivity contribution in [3.63, 3.8) is 0 Å². The molecule has 2 aromatic rings. The largest absolute Gasteiger partial charge is 0.477 e. The normalized spacial score (nSPS) is 15.5. The number of nitrogens with one attached hydrogen (secondary N) is 1. The van der Waals surface area contributed by atoms with Gasteiger partial charge in [-0.2, -0.15) is 5.10 Å². The van der Waals surface area contributed by atoms with Crippen LogP contribution in [-0.2, 0) is 4.79 Å². The van der Waals surface area contributed by atoms with E-state index in [-0.39, 0.29) is 24.6 Å². The second kappa shape index (κ2) is 4.34. The molecule has 3 amide bonds. The maximum atomic E-state index is 11.8. The quantitative estimate of drug-likeness (QED) is 0.828. The second-order valence-electron chi connectivity index (χ2n) is 4.33. The van der Waals surface area contributed by atoms with Crippen molar-refractivity contribution in [2.45, 2.75) is 6.42 Å². The molecule has 0 atom stereocenters. The van der Waals surface area contributed by atoms with Crippen LogP contribution in [0.25, 0.3) is 5.52 Å². The van der Waals surface area contributed by atoms with Crippen LogP contribution in [0, 0.1) is 0 Å². The molecule has 3 rings (SSSR count). The molecule has 1 saturated heterocycles. The van der Waals surface area contributed by atoms with E-state index in [0.717, 1.165) is 0 Å². The topological polar surface area (TPSA) is 104 Å². The van der Waals surface area contributed by atoms with Gasteiger partial charge in [0, 0.05) is 18.7 Å². The van der Waals surface area contributed by atoms with Gasteiger partial charge in [-0.3, -0.25) is 15.0 Å². The number of aromatic carboxylic acids is 1. The molecule has 1 fully saturated rings. The molecule has 1 aliphatic heterocycles. The third-order valence-corrected chi connectivity index (χ3v) is 3.07. The molecule has 0 spiro atoms. The molecule has 3 heterocycles. The van der Waals surface area contributed by atoms with Gasteiger partial charge in [-0.1, -0.05) is 0 Å². The number of imide groups is 1. The number of carbonyl (C=O) groups excluding carboxylic acids is 2. The van der Waals surface area contributed by atoms with Gasteiger partial charge in [-0.15, -0.1) is 0 Å². The van der Waals surface area contributed by atoms with Gasteiger partial charge in [0.05, 0.1) is 11.7 Å². The van der Waals surface area contributed by atoms with Gasteiger partial charge in [0.1, 0.15) is 0 Å². The van der Waals surface area contributed by atoms with Gasteiger partial charge in [-0.25, -0.2) is 14.1 Å². The molecule has 0 aromatic carbocycles. The number of fused-ring (bicyclic) bond motifs is 1. The van der Waals surface area contributed by atoms with Crippen molar-refractivity contribution < 1.29 is 19.5 Å². The summed E-state index contributed by atoms with van der Waals surface area (Å²) >= 11 is 0. The summed E-state index contributed by atoms with van der Waals surface area (Å²) < 4.78 is 1.28. The summed E-state index contributed by atoms with van der Waals surface area (Å²) in [5.74, 6) is -1.48. The van der Waals surface area contributed by atoms with E-state index >= 15 is 0 Å². The molecule has 8 nitrogen and oxygen atoms in total. The fraction of sp³-hybridized carbons (Fsp3) is 0.167. The number of anilines is 1. The lowest BCUT2D eigenvalue weighted by atomic mass is 10.2. The van der Waals surface area contributed by atoms with E-state index in [1.54, 1.807) is 12.1 Å². The third-order valence-electron chi connectivity index (χ3n) is 3.07. The maximum Gasteiger partial charge on any atom is 0.354 e. The Morgan fingerprint density at radius 1 is 1.35 bits per heavy atom. The zero-order valence-electron chi connectivity index (χ0n) is 10.2. The first kappa shape index (κ1) is 12.2. The number of amides is 3. The van der Waals surface area contributed by atoms with Crippen molar-refractivity contribution in [3.8, 4) is 0 Å². The van der Waals surface area contributed by atoms with Crippen LogP contribution >= 0.6 is 0 Å². The minimum absolute atomic E-state index is 0.0489. The molecule has 8 heteroatoms. The molecule has 0 bridgehead atoms. The lowest BCUT2D eigenvalue weighted by Crippen LogP contribution is -2.49. The summed E-state index contributed by atoms with van der Waals surface area (Å²) in [5.41, 5.74) is 0.928. The van der Waals surface area contributed by atoms with Crippen molar-refractivity contribution in [1.82, 2.24) is 14.9 Å². The summed E-state index contributed by atoms with van der Waals surface area (Å²) in [7, 11) is 0. The van der Waals surface area contributed by atoms with E-state index in [4.69, 9.17) is 0 Å². The summed E-state index contributed by atoms with van der Waals surface area (Å²) in [6, 6.07) is 4.09. The third kappa shape index (κ3) is 1.87. The van der Waals surface area contributed by atoms with Crippen molar-refractivity contribution in [2.75, 3.05) is 11.4 Å². The Hall–Kier alpha value is -2.90. The van der Waals surface area contributed by atoms with Crippen LogP contribution in [0.4, 0.5) is 10.5 Å². The maximum absolute atomic E-state index is 11.8. The highest BCUT2D eigenvalue weighted by atomic mass is 16.4. The molecule has 1 aliphatic rings. The smallest absolute Gasteiger partial charge is 0.354 e. The van der Waals surface area contributed by atoms with Crippen molar-refractivity contribution in [1.29, 1.82) is 0 Å². The molecular formula is C12H10N4O4. The van der Waals surface area contributed by atoms with Crippen LogP contribution in [-0.4, -0.2) is 39.2 Å². The minimum atomic E-state index is -1.14. The predicted octanol–water partition coefficient (Wildman–Crippen LogP) is 0.479. The summed E-state index contributed by atoms with van der Waals surface area (Å²) in [6.07, 6.45) is 1.66. The van der Waals surface area contributed by atoms with Crippen LogP contribution in [0.15, 0.2) is 24.4 Å². The lowest BCUT2D eigenvalue weighted by molar-refractivity contribution is -0.120. The van der Waals surface area contributed by atoms with Crippen LogP contribution in [0.5, 0.6) is 0 Å². The number of hydrogen-bond donors (Lipinski definition) is 2. The Morgan fingerprint density at radius 3 is 2.85 bits per heavy atom. The Kier molecular flexibility index (Phi) is 2.63. The molecule has 20 heavy (non-hydrogen) atoms. The van der Waals surface area contributed by atoms with E-state index in [1.165, 1.54) is 21.7 Å². The van der Waals surface area contributed by atoms with Crippen molar-refractivity contribution >= 4 is 29.1 Å². The fourth-order valence-electron chi connectivity index (χ4n) is 2.14. The van der Waals surface area contributed by atoms with Gasteiger partial charge in [0.25, 0.3) is 0 Å². The van der Waals surface area contributed by atoms with Crippen LogP contribution in [0.2, 0.25) is 0 Å². The van der Waals surface area contributed by atoms with Crippen LogP contribution in [0.1, 0.15) is 16.9 Å². The Morgan fingerprint density at radius 2 is 2.15 bits per heavy atom. The average Bonchev–Trinajstić information content (AvgIpc) is 2.85. The number of aromatic nitrogens is 2. The molecule has 2 aromatic heterocycles.